The molecule has 0 radical (unpaired) electrons. The Balaban J connectivity index is 0.945. The number of benzene rings is 9. The molecular weight excluding hydrogens is 749 g/mol. The third kappa shape index (κ3) is 5.56. The van der Waals surface area contributed by atoms with Gasteiger partial charge in [-0.1, -0.05) is 185 Å². The van der Waals surface area contributed by atoms with Crippen molar-refractivity contribution in [2.24, 2.45) is 0 Å². The van der Waals surface area contributed by atoms with E-state index in [1.807, 2.05) is 6.07 Å². The lowest BCUT2D eigenvalue weighted by molar-refractivity contribution is 0.661. The van der Waals surface area contributed by atoms with Gasteiger partial charge < -0.3 is 0 Å². The molecule has 0 unspecified atom stereocenters. The van der Waals surface area contributed by atoms with Crippen molar-refractivity contribution in [3.05, 3.63) is 216 Å². The van der Waals surface area contributed by atoms with Crippen LogP contribution in [-0.4, -0.2) is 9.97 Å². The number of nitrogens with zero attached hydrogens (tertiary/aromatic N) is 2. The van der Waals surface area contributed by atoms with Crippen LogP contribution in [0.4, 0.5) is 0 Å². The first kappa shape index (κ1) is 36.4. The fourth-order valence-corrected chi connectivity index (χ4v) is 10.7. The van der Waals surface area contributed by atoms with Gasteiger partial charge in [-0.15, -0.1) is 0 Å². The van der Waals surface area contributed by atoms with Crippen LogP contribution >= 0.6 is 0 Å². The van der Waals surface area contributed by atoms with Crippen molar-refractivity contribution in [3.63, 3.8) is 0 Å². The molecule has 0 atom stereocenters. The van der Waals surface area contributed by atoms with Crippen molar-refractivity contribution in [1.29, 1.82) is 0 Å². The van der Waals surface area contributed by atoms with Crippen molar-refractivity contribution in [3.8, 4) is 78.4 Å². The average molecular weight is 793 g/mol. The van der Waals surface area contributed by atoms with Crippen LogP contribution in [0.2, 0.25) is 0 Å². The van der Waals surface area contributed by atoms with E-state index in [4.69, 9.17) is 9.97 Å². The van der Waals surface area contributed by atoms with Gasteiger partial charge in [0.1, 0.15) is 0 Å². The van der Waals surface area contributed by atoms with E-state index in [0.29, 0.717) is 0 Å². The lowest BCUT2D eigenvalue weighted by Gasteiger charge is -2.24. The molecule has 2 nitrogen and oxygen atoms in total. The van der Waals surface area contributed by atoms with Gasteiger partial charge in [0, 0.05) is 27.5 Å². The van der Waals surface area contributed by atoms with Crippen molar-refractivity contribution in [2.45, 2.75) is 38.5 Å². The first-order chi connectivity index (χ1) is 30.2. The second kappa shape index (κ2) is 13.5. The normalized spacial score (nSPS) is 14.1. The van der Waals surface area contributed by atoms with Gasteiger partial charge in [0.25, 0.3) is 0 Å². The summed E-state index contributed by atoms with van der Waals surface area (Å²) in [5.74, 6) is 0.721. The first-order valence-corrected chi connectivity index (χ1v) is 21.7. The molecule has 9 aromatic carbocycles. The van der Waals surface area contributed by atoms with Crippen LogP contribution in [0.3, 0.4) is 0 Å². The molecule has 0 saturated heterocycles. The smallest absolute Gasteiger partial charge is 0.160 e. The van der Waals surface area contributed by atoms with Gasteiger partial charge in [0.05, 0.1) is 11.4 Å². The van der Waals surface area contributed by atoms with Gasteiger partial charge in [0.15, 0.2) is 5.82 Å². The highest BCUT2D eigenvalue weighted by Crippen LogP contribution is 2.54. The molecule has 1 heterocycles. The maximum absolute atomic E-state index is 5.32. The highest BCUT2D eigenvalue weighted by atomic mass is 14.9. The molecule has 10 aromatic rings. The number of hydrogen-bond acceptors (Lipinski definition) is 2. The molecule has 294 valence electrons. The summed E-state index contributed by atoms with van der Waals surface area (Å²) in [6.07, 6.45) is 0. The fraction of sp³-hybridized carbons (Fsp3) is 0.100. The Bertz CT molecular complexity index is 3460. The summed E-state index contributed by atoms with van der Waals surface area (Å²) in [6.45, 7) is 9.43. The molecular formula is C60H44N2. The van der Waals surface area contributed by atoms with E-state index in [9.17, 15) is 0 Å². The quantitative estimate of drug-likeness (QED) is 0.173. The highest BCUT2D eigenvalue weighted by Gasteiger charge is 2.38. The topological polar surface area (TPSA) is 25.8 Å². The van der Waals surface area contributed by atoms with E-state index in [1.54, 1.807) is 0 Å². The summed E-state index contributed by atoms with van der Waals surface area (Å²) in [7, 11) is 0. The van der Waals surface area contributed by atoms with Crippen LogP contribution < -0.4 is 0 Å². The number of rotatable bonds is 5. The van der Waals surface area contributed by atoms with Crippen LogP contribution in [0.15, 0.2) is 194 Å². The zero-order valence-corrected chi connectivity index (χ0v) is 35.4. The largest absolute Gasteiger partial charge is 0.228 e. The summed E-state index contributed by atoms with van der Waals surface area (Å²) in [4.78, 5) is 10.6. The van der Waals surface area contributed by atoms with E-state index in [-0.39, 0.29) is 10.8 Å². The maximum atomic E-state index is 5.32. The molecule has 0 saturated carbocycles. The molecule has 1 aromatic heterocycles. The lowest BCUT2D eigenvalue weighted by atomic mass is 9.78. The second-order valence-corrected chi connectivity index (χ2v) is 18.2. The second-order valence-electron chi connectivity index (χ2n) is 18.2. The Morgan fingerprint density at radius 2 is 0.871 bits per heavy atom. The average Bonchev–Trinajstić information content (AvgIpc) is 3.69. The van der Waals surface area contributed by atoms with E-state index >= 15 is 0 Å². The standard InChI is InChI=1S/C60H44N2/c1-59(2)52-26-14-24-49(56(52)50-34-39-17-8-9-18-40(39)35-53(50)59)55-36-54(61-58(62-55)37-15-6-5-7-16-37)45-30-29-42-31-41(27-28-43(42)33-45)38-19-12-20-44(32-38)46-22-13-23-48-47-21-10-11-25-51(47)60(3,4)57(46)48/h5-36H,1-4H3. The summed E-state index contributed by atoms with van der Waals surface area (Å²) in [5, 5.41) is 4.89. The Hall–Kier alpha value is -7.42. The minimum Gasteiger partial charge on any atom is -0.228 e. The molecule has 0 spiro atoms. The van der Waals surface area contributed by atoms with E-state index < -0.39 is 0 Å². The molecule has 0 bridgehead atoms. The fourth-order valence-electron chi connectivity index (χ4n) is 10.7. The van der Waals surface area contributed by atoms with Gasteiger partial charge in [-0.3, -0.25) is 0 Å². The van der Waals surface area contributed by atoms with Crippen LogP contribution in [-0.2, 0) is 10.8 Å². The zero-order chi connectivity index (χ0) is 41.7. The molecule has 0 fully saturated rings. The maximum Gasteiger partial charge on any atom is 0.160 e. The van der Waals surface area contributed by atoms with Crippen molar-refractivity contribution in [1.82, 2.24) is 9.97 Å². The predicted molar refractivity (Wildman–Crippen MR) is 259 cm³/mol. The van der Waals surface area contributed by atoms with Crippen LogP contribution in [0.1, 0.15) is 49.9 Å². The van der Waals surface area contributed by atoms with Crippen molar-refractivity contribution in [2.75, 3.05) is 0 Å². The van der Waals surface area contributed by atoms with Crippen LogP contribution in [0, 0.1) is 0 Å². The highest BCUT2D eigenvalue weighted by molar-refractivity contribution is 5.99. The van der Waals surface area contributed by atoms with Crippen molar-refractivity contribution >= 4 is 21.5 Å². The SMILES string of the molecule is CC1(C)c2cc3ccccc3cc2-c2c(-c3cc(-c4ccc5cc(-c6cccc(-c7cccc8c7C(C)(C)c7ccccc7-8)c6)ccc5c4)nc(-c4ccccc4)n3)cccc21. The minimum absolute atomic E-state index is 0.0791. The zero-order valence-electron chi connectivity index (χ0n) is 35.4. The van der Waals surface area contributed by atoms with Gasteiger partial charge in [-0.05, 0) is 125 Å². The summed E-state index contributed by atoms with van der Waals surface area (Å²) in [6, 6.07) is 71.1. The number of hydrogen-bond donors (Lipinski definition) is 0. The Kier molecular flexibility index (Phi) is 7.96. The molecule has 0 aliphatic heterocycles. The summed E-state index contributed by atoms with van der Waals surface area (Å²) in [5.41, 5.74) is 20.5. The van der Waals surface area contributed by atoms with Crippen LogP contribution in [0.25, 0.3) is 100.0 Å². The third-order valence-corrected chi connectivity index (χ3v) is 13.8. The van der Waals surface area contributed by atoms with Gasteiger partial charge in [-0.25, -0.2) is 9.97 Å². The van der Waals surface area contributed by atoms with Crippen LogP contribution in [0.5, 0.6) is 0 Å². The molecule has 0 N–H and O–H groups in total. The van der Waals surface area contributed by atoms with Gasteiger partial charge in [0.2, 0.25) is 0 Å². The molecule has 62 heavy (non-hydrogen) atoms. The Morgan fingerprint density at radius 3 is 1.71 bits per heavy atom. The lowest BCUT2D eigenvalue weighted by Crippen LogP contribution is -2.16. The molecule has 2 aliphatic carbocycles. The summed E-state index contributed by atoms with van der Waals surface area (Å²) < 4.78 is 0. The molecule has 0 amide bonds. The molecule has 2 heteroatoms. The van der Waals surface area contributed by atoms with Crippen molar-refractivity contribution < 1.29 is 0 Å². The van der Waals surface area contributed by atoms with Gasteiger partial charge >= 0.3 is 0 Å². The summed E-state index contributed by atoms with van der Waals surface area (Å²) >= 11 is 0. The monoisotopic (exact) mass is 792 g/mol. The van der Waals surface area contributed by atoms with E-state index in [1.165, 1.54) is 88.3 Å². The Morgan fingerprint density at radius 1 is 0.306 bits per heavy atom. The number of aromatic nitrogens is 2. The molecule has 12 rings (SSSR count). The number of fused-ring (bicyclic) bond motifs is 8. The van der Waals surface area contributed by atoms with Gasteiger partial charge in [-0.2, -0.15) is 0 Å². The third-order valence-electron chi connectivity index (χ3n) is 13.8. The van der Waals surface area contributed by atoms with E-state index in [2.05, 4.69) is 216 Å². The predicted octanol–water partition coefficient (Wildman–Crippen LogP) is 15.7. The van der Waals surface area contributed by atoms with E-state index in [0.717, 1.165) is 33.9 Å². The minimum atomic E-state index is -0.146. The Labute approximate surface area is 363 Å². The molecule has 2 aliphatic rings. The first-order valence-electron chi connectivity index (χ1n) is 21.7.